The van der Waals surface area contributed by atoms with Crippen LogP contribution in [0.3, 0.4) is 0 Å². The quantitative estimate of drug-likeness (QED) is 0.300. The van der Waals surface area contributed by atoms with Crippen LogP contribution in [0.2, 0.25) is 0 Å². The second-order valence-corrected chi connectivity index (χ2v) is 3.92. The highest BCUT2D eigenvalue weighted by Gasteiger charge is 2.22. The topological polar surface area (TPSA) is 103 Å². The number of hydrogen-bond donors (Lipinski definition) is 2. The Hall–Kier alpha value is -1.89. The predicted molar refractivity (Wildman–Crippen MR) is 66.9 cm³/mol. The second-order valence-electron chi connectivity index (χ2n) is 3.92. The standard InChI is InChI=1S/C11H19N3O4/c1-11(2,13-3)10(12)14-7(9(16)18-5)6-8(15)17-4/h6,13H,1-5H3,(H2,12,14). The number of methoxy groups -OCH3 is 2. The minimum Gasteiger partial charge on any atom is -0.466 e. The van der Waals surface area contributed by atoms with Gasteiger partial charge in [0.1, 0.15) is 5.84 Å². The maximum absolute atomic E-state index is 11.4. The summed E-state index contributed by atoms with van der Waals surface area (Å²) in [6.45, 7) is 3.55. The van der Waals surface area contributed by atoms with Gasteiger partial charge in [0.15, 0.2) is 5.70 Å². The molecule has 0 fully saturated rings. The fourth-order valence-electron chi connectivity index (χ4n) is 0.810. The number of amidine groups is 1. The van der Waals surface area contributed by atoms with E-state index in [-0.39, 0.29) is 11.5 Å². The van der Waals surface area contributed by atoms with Crippen LogP contribution in [0.15, 0.2) is 16.8 Å². The molecule has 7 heteroatoms. The average molecular weight is 257 g/mol. The molecule has 18 heavy (non-hydrogen) atoms. The molecular formula is C11H19N3O4. The van der Waals surface area contributed by atoms with E-state index in [2.05, 4.69) is 19.8 Å². The number of ether oxygens (including phenoxy) is 2. The number of carbonyl (C=O) groups is 2. The van der Waals surface area contributed by atoms with Crippen molar-refractivity contribution in [3.63, 3.8) is 0 Å². The van der Waals surface area contributed by atoms with Crippen molar-refractivity contribution in [3.05, 3.63) is 11.8 Å². The molecule has 0 aromatic heterocycles. The summed E-state index contributed by atoms with van der Waals surface area (Å²) in [4.78, 5) is 26.4. The van der Waals surface area contributed by atoms with E-state index in [0.29, 0.717) is 0 Å². The zero-order valence-electron chi connectivity index (χ0n) is 11.2. The molecular weight excluding hydrogens is 238 g/mol. The molecule has 0 amide bonds. The summed E-state index contributed by atoms with van der Waals surface area (Å²) in [6.07, 6.45) is 0.921. The van der Waals surface area contributed by atoms with Crippen molar-refractivity contribution in [1.29, 1.82) is 0 Å². The normalized spacial score (nSPS) is 13.2. The third-order valence-electron chi connectivity index (χ3n) is 2.36. The summed E-state index contributed by atoms with van der Waals surface area (Å²) in [5, 5.41) is 2.92. The molecule has 0 bridgehead atoms. The third kappa shape index (κ3) is 4.54. The van der Waals surface area contributed by atoms with Crippen molar-refractivity contribution in [2.75, 3.05) is 21.3 Å². The Balaban J connectivity index is 5.38. The van der Waals surface area contributed by atoms with Gasteiger partial charge in [-0.3, -0.25) is 0 Å². The van der Waals surface area contributed by atoms with Crippen LogP contribution in [0.4, 0.5) is 0 Å². The molecule has 0 heterocycles. The molecule has 0 spiro atoms. The molecule has 0 atom stereocenters. The number of carbonyl (C=O) groups excluding carboxylic acids is 2. The van der Waals surface area contributed by atoms with E-state index in [1.165, 1.54) is 14.2 Å². The molecule has 102 valence electrons. The molecule has 0 aromatic carbocycles. The number of aliphatic imine (C=N–C) groups is 1. The fourth-order valence-corrected chi connectivity index (χ4v) is 0.810. The number of nitrogens with one attached hydrogen (secondary N) is 1. The Bertz CT molecular complexity index is 386. The Morgan fingerprint density at radius 1 is 1.28 bits per heavy atom. The number of nitrogens with zero attached hydrogens (tertiary/aromatic N) is 1. The average Bonchev–Trinajstić information content (AvgIpc) is 2.36. The van der Waals surface area contributed by atoms with Crippen LogP contribution in [-0.4, -0.2) is 44.6 Å². The third-order valence-corrected chi connectivity index (χ3v) is 2.36. The van der Waals surface area contributed by atoms with E-state index in [9.17, 15) is 9.59 Å². The van der Waals surface area contributed by atoms with Gasteiger partial charge in [0, 0.05) is 0 Å². The van der Waals surface area contributed by atoms with Crippen molar-refractivity contribution in [1.82, 2.24) is 5.32 Å². The van der Waals surface area contributed by atoms with E-state index < -0.39 is 17.5 Å². The van der Waals surface area contributed by atoms with E-state index in [4.69, 9.17) is 5.73 Å². The van der Waals surface area contributed by atoms with Crippen molar-refractivity contribution < 1.29 is 19.1 Å². The Kier molecular flexibility index (Phi) is 6.04. The highest BCUT2D eigenvalue weighted by molar-refractivity contribution is 6.00. The Morgan fingerprint density at radius 3 is 2.22 bits per heavy atom. The minimum atomic E-state index is -0.768. The molecule has 0 unspecified atom stereocenters. The first-order valence-electron chi connectivity index (χ1n) is 5.20. The lowest BCUT2D eigenvalue weighted by atomic mass is 10.1. The summed E-state index contributed by atoms with van der Waals surface area (Å²) in [5.74, 6) is -1.34. The molecule has 0 rings (SSSR count). The van der Waals surface area contributed by atoms with Gasteiger partial charge in [-0.25, -0.2) is 14.6 Å². The van der Waals surface area contributed by atoms with Gasteiger partial charge in [0.2, 0.25) is 0 Å². The first-order chi connectivity index (χ1) is 8.28. The van der Waals surface area contributed by atoms with Gasteiger partial charge in [-0.05, 0) is 20.9 Å². The summed E-state index contributed by atoms with van der Waals surface area (Å²) in [5.41, 5.74) is 4.92. The van der Waals surface area contributed by atoms with Crippen molar-refractivity contribution >= 4 is 17.8 Å². The van der Waals surface area contributed by atoms with Gasteiger partial charge >= 0.3 is 11.9 Å². The summed E-state index contributed by atoms with van der Waals surface area (Å²) < 4.78 is 8.93. The molecule has 0 saturated carbocycles. The predicted octanol–water partition coefficient (Wildman–Crippen LogP) is -0.428. The van der Waals surface area contributed by atoms with Gasteiger partial charge in [-0.2, -0.15) is 0 Å². The molecule has 7 nitrogen and oxygen atoms in total. The monoisotopic (exact) mass is 257 g/mol. The van der Waals surface area contributed by atoms with Gasteiger partial charge < -0.3 is 20.5 Å². The van der Waals surface area contributed by atoms with Gasteiger partial charge in [0.25, 0.3) is 0 Å². The van der Waals surface area contributed by atoms with Crippen molar-refractivity contribution in [2.24, 2.45) is 10.7 Å². The van der Waals surface area contributed by atoms with Crippen LogP contribution in [0.5, 0.6) is 0 Å². The number of rotatable bonds is 5. The summed E-state index contributed by atoms with van der Waals surface area (Å²) in [7, 11) is 4.07. The van der Waals surface area contributed by atoms with E-state index in [1.807, 2.05) is 0 Å². The zero-order valence-corrected chi connectivity index (χ0v) is 11.2. The van der Waals surface area contributed by atoms with Crippen LogP contribution in [0.25, 0.3) is 0 Å². The molecule has 0 saturated heterocycles. The van der Waals surface area contributed by atoms with Gasteiger partial charge in [-0.1, -0.05) is 0 Å². The van der Waals surface area contributed by atoms with Crippen LogP contribution < -0.4 is 11.1 Å². The van der Waals surface area contributed by atoms with E-state index >= 15 is 0 Å². The first-order valence-corrected chi connectivity index (χ1v) is 5.20. The van der Waals surface area contributed by atoms with Crippen LogP contribution in [0.1, 0.15) is 13.8 Å². The maximum Gasteiger partial charge on any atom is 0.356 e. The van der Waals surface area contributed by atoms with E-state index in [0.717, 1.165) is 6.08 Å². The van der Waals surface area contributed by atoms with Crippen molar-refractivity contribution in [2.45, 2.75) is 19.4 Å². The molecule has 0 radical (unpaired) electrons. The SMILES string of the molecule is CNC(C)(C)C(N)=NC(=CC(=O)OC)C(=O)OC. The number of hydrogen-bond acceptors (Lipinski definition) is 6. The number of nitrogens with two attached hydrogens (primary N) is 1. The van der Waals surface area contributed by atoms with Crippen molar-refractivity contribution in [3.8, 4) is 0 Å². The summed E-state index contributed by atoms with van der Waals surface area (Å²) >= 11 is 0. The highest BCUT2D eigenvalue weighted by atomic mass is 16.5. The van der Waals surface area contributed by atoms with Crippen LogP contribution in [0, 0.1) is 0 Å². The minimum absolute atomic E-state index is 0.144. The molecule has 0 aliphatic heterocycles. The largest absolute Gasteiger partial charge is 0.466 e. The Morgan fingerprint density at radius 2 is 1.83 bits per heavy atom. The molecule has 0 aliphatic rings. The fraction of sp³-hybridized carbons (Fsp3) is 0.545. The van der Waals surface area contributed by atoms with Crippen LogP contribution in [-0.2, 0) is 19.1 Å². The van der Waals surface area contributed by atoms with Gasteiger partial charge in [0.05, 0.1) is 25.8 Å². The lowest BCUT2D eigenvalue weighted by Crippen LogP contribution is -2.49. The molecule has 0 aromatic rings. The van der Waals surface area contributed by atoms with E-state index in [1.54, 1.807) is 20.9 Å². The summed E-state index contributed by atoms with van der Waals surface area (Å²) in [6, 6.07) is 0. The Labute approximate surface area is 106 Å². The zero-order chi connectivity index (χ0) is 14.3. The second kappa shape index (κ2) is 6.75. The number of likely N-dealkylation sites (N-methyl/N-ethyl adjacent to an activating group) is 1. The molecule has 0 aliphatic carbocycles. The molecule has 3 N–H and O–H groups in total. The maximum atomic E-state index is 11.4. The lowest BCUT2D eigenvalue weighted by molar-refractivity contribution is -0.138. The van der Waals surface area contributed by atoms with Gasteiger partial charge in [-0.15, -0.1) is 0 Å². The highest BCUT2D eigenvalue weighted by Crippen LogP contribution is 2.07. The lowest BCUT2D eigenvalue weighted by Gasteiger charge is -2.23. The number of esters is 2. The first kappa shape index (κ1) is 16.1. The smallest absolute Gasteiger partial charge is 0.356 e. The van der Waals surface area contributed by atoms with Crippen LogP contribution >= 0.6 is 0 Å².